The van der Waals surface area contributed by atoms with Gasteiger partial charge in [0.2, 0.25) is 5.91 Å². The summed E-state index contributed by atoms with van der Waals surface area (Å²) in [6.45, 7) is 6.65. The largest absolute Gasteiger partial charge is 0.416 e. The fourth-order valence-corrected chi connectivity index (χ4v) is 3.99. The molecule has 1 fully saturated rings. The molecule has 0 aliphatic carbocycles. The Morgan fingerprint density at radius 3 is 2.40 bits per heavy atom. The smallest absolute Gasteiger partial charge is 0.392 e. The van der Waals surface area contributed by atoms with Crippen LogP contribution in [0.15, 0.2) is 60.1 Å². The first-order valence-corrected chi connectivity index (χ1v) is 12.6. The minimum Gasteiger partial charge on any atom is -0.392 e. The maximum atomic E-state index is 13.6. The van der Waals surface area contributed by atoms with Crippen LogP contribution in [-0.2, 0) is 17.5 Å². The van der Waals surface area contributed by atoms with Crippen molar-refractivity contribution in [1.82, 2.24) is 15.1 Å². The highest BCUT2D eigenvalue weighted by atomic mass is 19.4. The van der Waals surface area contributed by atoms with Crippen LogP contribution in [0.3, 0.4) is 0 Å². The first-order chi connectivity index (χ1) is 18.8. The van der Waals surface area contributed by atoms with E-state index >= 15 is 0 Å². The van der Waals surface area contributed by atoms with Gasteiger partial charge in [-0.1, -0.05) is 12.0 Å². The number of nitrogens with two attached hydrogens (primary N) is 2. The quantitative estimate of drug-likeness (QED) is 0.322. The van der Waals surface area contributed by atoms with Gasteiger partial charge < -0.3 is 27.0 Å². The van der Waals surface area contributed by atoms with Crippen molar-refractivity contribution in [3.63, 3.8) is 0 Å². The van der Waals surface area contributed by atoms with Crippen LogP contribution in [0.5, 0.6) is 0 Å². The number of alkyl halides is 3. The number of allylic oxidation sites excluding steroid dienone is 3. The van der Waals surface area contributed by atoms with Gasteiger partial charge in [-0.3, -0.25) is 14.5 Å². The van der Waals surface area contributed by atoms with Crippen molar-refractivity contribution in [2.45, 2.75) is 26.6 Å². The fraction of sp³-hybridized carbons (Fsp3) is 0.310. The Morgan fingerprint density at radius 2 is 1.75 bits per heavy atom. The molecule has 212 valence electrons. The number of piperazine rings is 1. The lowest BCUT2D eigenvalue weighted by atomic mass is 10.0. The normalized spacial score (nSPS) is 15.2. The van der Waals surface area contributed by atoms with E-state index in [1.165, 1.54) is 19.1 Å². The van der Waals surface area contributed by atoms with Gasteiger partial charge in [0, 0.05) is 56.5 Å². The Kier molecular flexibility index (Phi) is 9.98. The molecule has 8 nitrogen and oxygen atoms in total. The molecule has 2 aromatic carbocycles. The average molecular weight is 555 g/mol. The molecule has 40 heavy (non-hydrogen) atoms. The van der Waals surface area contributed by atoms with Crippen molar-refractivity contribution in [3.8, 4) is 11.8 Å². The topological polar surface area (TPSA) is 117 Å². The molecule has 0 aromatic heterocycles. The van der Waals surface area contributed by atoms with Crippen LogP contribution in [0.1, 0.15) is 39.5 Å². The second-order valence-corrected chi connectivity index (χ2v) is 9.65. The molecule has 0 spiro atoms. The van der Waals surface area contributed by atoms with E-state index < -0.39 is 17.6 Å². The summed E-state index contributed by atoms with van der Waals surface area (Å²) in [4.78, 5) is 28.3. The lowest BCUT2D eigenvalue weighted by Gasteiger charge is -2.32. The highest BCUT2D eigenvalue weighted by Crippen LogP contribution is 2.32. The Balaban J connectivity index is 1.80. The predicted molar refractivity (Wildman–Crippen MR) is 149 cm³/mol. The van der Waals surface area contributed by atoms with Crippen LogP contribution >= 0.6 is 0 Å². The van der Waals surface area contributed by atoms with Gasteiger partial charge >= 0.3 is 6.18 Å². The molecule has 3 rings (SSSR count). The van der Waals surface area contributed by atoms with Crippen LogP contribution in [0.2, 0.25) is 0 Å². The highest BCUT2D eigenvalue weighted by molar-refractivity contribution is 6.04. The number of hydrogen-bond acceptors (Lipinski definition) is 6. The summed E-state index contributed by atoms with van der Waals surface area (Å²) in [7, 11) is 2.01. The molecule has 2 amide bonds. The molecule has 1 saturated heterocycles. The van der Waals surface area contributed by atoms with Crippen LogP contribution < -0.4 is 22.1 Å². The molecular weight excluding hydrogens is 521 g/mol. The maximum Gasteiger partial charge on any atom is 0.416 e. The van der Waals surface area contributed by atoms with Crippen molar-refractivity contribution in [2.24, 2.45) is 11.5 Å². The summed E-state index contributed by atoms with van der Waals surface area (Å²) >= 11 is 0. The van der Waals surface area contributed by atoms with Crippen LogP contribution in [0.4, 0.5) is 18.9 Å². The van der Waals surface area contributed by atoms with Crippen molar-refractivity contribution >= 4 is 17.5 Å². The number of benzene rings is 2. The molecule has 1 heterocycles. The van der Waals surface area contributed by atoms with Gasteiger partial charge in [0.1, 0.15) is 5.82 Å². The molecule has 6 N–H and O–H groups in total. The third-order valence-corrected chi connectivity index (χ3v) is 6.18. The van der Waals surface area contributed by atoms with Crippen LogP contribution in [-0.4, -0.2) is 54.8 Å². The monoisotopic (exact) mass is 554 g/mol. The van der Waals surface area contributed by atoms with E-state index in [9.17, 15) is 22.8 Å². The van der Waals surface area contributed by atoms with Gasteiger partial charge in [-0.25, -0.2) is 0 Å². The summed E-state index contributed by atoms with van der Waals surface area (Å²) in [5.74, 6) is 4.85. The first-order valence-electron chi connectivity index (χ1n) is 12.6. The molecule has 0 unspecified atom stereocenters. The van der Waals surface area contributed by atoms with Crippen LogP contribution in [0, 0.1) is 18.8 Å². The molecule has 0 radical (unpaired) electrons. The van der Waals surface area contributed by atoms with Crippen molar-refractivity contribution in [2.75, 3.05) is 38.5 Å². The van der Waals surface area contributed by atoms with Crippen molar-refractivity contribution < 1.29 is 22.8 Å². The van der Waals surface area contributed by atoms with Crippen molar-refractivity contribution in [3.05, 3.63) is 87.9 Å². The van der Waals surface area contributed by atoms with Gasteiger partial charge in [-0.2, -0.15) is 13.2 Å². The number of anilines is 1. The highest BCUT2D eigenvalue weighted by Gasteiger charge is 2.31. The Hall–Kier alpha value is -4.27. The van der Waals surface area contributed by atoms with E-state index in [-0.39, 0.29) is 28.7 Å². The molecule has 1 aliphatic heterocycles. The number of halogens is 3. The zero-order chi connectivity index (χ0) is 29.4. The minimum absolute atomic E-state index is 0.0629. The number of carbonyl (C=O) groups excluding carboxylic acids is 2. The number of amides is 2. The van der Waals surface area contributed by atoms with Crippen molar-refractivity contribution in [1.29, 1.82) is 0 Å². The zero-order valence-corrected chi connectivity index (χ0v) is 22.7. The second-order valence-electron chi connectivity index (χ2n) is 9.65. The molecule has 0 saturated carbocycles. The molecule has 11 heteroatoms. The van der Waals surface area contributed by atoms with Gasteiger partial charge in [0.25, 0.3) is 5.91 Å². The molecule has 1 aliphatic rings. The third kappa shape index (κ3) is 9.18. The Bertz CT molecular complexity index is 1380. The Morgan fingerprint density at radius 1 is 1.05 bits per heavy atom. The number of aryl methyl sites for hydroxylation is 1. The first kappa shape index (κ1) is 30.3. The number of rotatable bonds is 6. The van der Waals surface area contributed by atoms with Gasteiger partial charge in [0.15, 0.2) is 0 Å². The number of nitrogens with one attached hydrogen (secondary N) is 2. The number of nitrogens with zero attached hydrogens (tertiary/aromatic N) is 2. The Labute approximate surface area is 231 Å². The number of hydrogen-bond donors (Lipinski definition) is 4. The molecule has 0 atom stereocenters. The zero-order valence-electron chi connectivity index (χ0n) is 22.7. The predicted octanol–water partition coefficient (Wildman–Crippen LogP) is 3.14. The summed E-state index contributed by atoms with van der Waals surface area (Å²) in [6, 6.07) is 8.46. The van der Waals surface area contributed by atoms with E-state index in [1.807, 2.05) is 7.05 Å². The molecule has 2 aromatic rings. The van der Waals surface area contributed by atoms with E-state index in [0.717, 1.165) is 43.9 Å². The molecule has 0 bridgehead atoms. The van der Waals surface area contributed by atoms with Gasteiger partial charge in [-0.05, 0) is 73.5 Å². The average Bonchev–Trinajstić information content (AvgIpc) is 2.87. The van der Waals surface area contributed by atoms with Gasteiger partial charge in [0.05, 0.1) is 11.3 Å². The number of carbonyl (C=O) groups is 2. The lowest BCUT2D eigenvalue weighted by Crippen LogP contribution is -2.43. The second kappa shape index (κ2) is 13.2. The summed E-state index contributed by atoms with van der Waals surface area (Å²) in [6.07, 6.45) is -1.73. The third-order valence-electron chi connectivity index (χ3n) is 6.18. The van der Waals surface area contributed by atoms with Gasteiger partial charge in [-0.15, -0.1) is 0 Å². The summed E-state index contributed by atoms with van der Waals surface area (Å²) in [5.41, 5.74) is 12.9. The maximum absolute atomic E-state index is 13.6. The molecular formula is C29H33F3N6O2. The van der Waals surface area contributed by atoms with E-state index in [1.54, 1.807) is 31.2 Å². The summed E-state index contributed by atoms with van der Waals surface area (Å²) in [5, 5.41) is 5.01. The van der Waals surface area contributed by atoms with Crippen LogP contribution in [0.25, 0.3) is 0 Å². The number of likely N-dealkylation sites (N-methyl/N-ethyl adjacent to an activating group) is 1. The van der Waals surface area contributed by atoms with E-state index in [0.29, 0.717) is 17.7 Å². The minimum atomic E-state index is -4.56. The standard InChI is InChI=1S/C29H33F3N6O2/c1-19-4-5-23(16-22(19)6-7-25(33)8-9-27(34)35-20(2)39)28(40)36-26-15-21(14-24(17-26)29(30,31)32)18-38-12-10-37(3)11-13-38/h4-5,8-9,14-17H,10-13,18,33-34H2,1-3H3,(H,35,39)(H,36,40)/b25-8-,27-9+. The SMILES string of the molecule is CC(=O)N/C(N)=C/C=C(\N)C#Cc1cc(C(=O)Nc2cc(CN3CCN(C)CC3)cc(C(F)(F)F)c2)ccc1C. The summed E-state index contributed by atoms with van der Waals surface area (Å²) < 4.78 is 40.9. The lowest BCUT2D eigenvalue weighted by molar-refractivity contribution is -0.137. The van der Waals surface area contributed by atoms with E-state index in [4.69, 9.17) is 11.5 Å². The van der Waals surface area contributed by atoms with E-state index in [2.05, 4.69) is 32.3 Å². The fourth-order valence-electron chi connectivity index (χ4n) is 3.99.